The van der Waals surface area contributed by atoms with Crippen LogP contribution in [0.1, 0.15) is 0 Å². The number of hydrogen-bond donors (Lipinski definition) is 2. The lowest BCUT2D eigenvalue weighted by molar-refractivity contribution is 0.205. The molecule has 0 saturated heterocycles. The number of rotatable bonds is 0. The van der Waals surface area contributed by atoms with E-state index in [9.17, 15) is 0 Å². The number of primary amides is 1. The van der Waals surface area contributed by atoms with E-state index in [1.54, 1.807) is 0 Å². The average molecular weight is 194 g/mol. The summed E-state index contributed by atoms with van der Waals surface area (Å²) in [6, 6.07) is 12.0. The zero-order valence-corrected chi connectivity index (χ0v) is 7.12. The number of benzene rings is 1. The second-order valence-electron chi connectivity index (χ2n) is 1.49. The molecule has 0 bridgehead atoms. The topological polar surface area (TPSA) is 94.8 Å². The van der Waals surface area contributed by atoms with Crippen molar-refractivity contribution in [2.75, 3.05) is 0 Å². The molecule has 5 N–H and O–H groups in total. The van der Waals surface area contributed by atoms with E-state index in [4.69, 9.17) is 9.90 Å². The van der Waals surface area contributed by atoms with Gasteiger partial charge in [0.05, 0.1) is 0 Å². The van der Waals surface area contributed by atoms with Crippen molar-refractivity contribution in [2.24, 2.45) is 5.73 Å². The largest absolute Gasteiger partial charge is 0.465 e. The lowest BCUT2D eigenvalue weighted by Crippen LogP contribution is -2.03. The summed E-state index contributed by atoms with van der Waals surface area (Å²) in [5, 5.41) is 7.19. The number of amides is 1. The molecule has 0 saturated carbocycles. The van der Waals surface area contributed by atoms with Crippen molar-refractivity contribution in [2.45, 2.75) is 0 Å². The predicted molar refractivity (Wildman–Crippen MR) is 49.5 cm³/mol. The van der Waals surface area contributed by atoms with Crippen molar-refractivity contribution in [3.8, 4) is 0 Å². The average Bonchev–Trinajstić information content (AvgIpc) is 1.90. The molecule has 4 nitrogen and oxygen atoms in total. The maximum absolute atomic E-state index is 8.78. The van der Waals surface area contributed by atoms with Crippen LogP contribution < -0.4 is 5.73 Å². The summed E-state index contributed by atoms with van der Waals surface area (Å²) in [5.41, 5.74) is 4.03. The number of nitrogens with two attached hydrogens (primary N) is 1. The molecule has 1 aromatic carbocycles. The molecule has 1 rings (SSSR count). The molecule has 0 aliphatic heterocycles. The van der Waals surface area contributed by atoms with Crippen LogP contribution in [0.3, 0.4) is 0 Å². The Labute approximate surface area is 76.7 Å². The van der Waals surface area contributed by atoms with Crippen molar-refractivity contribution in [3.63, 3.8) is 0 Å². The van der Waals surface area contributed by atoms with E-state index in [0.29, 0.717) is 0 Å². The highest BCUT2D eigenvalue weighted by Crippen LogP contribution is 1.79. The lowest BCUT2D eigenvalue weighted by atomic mass is 10.4. The van der Waals surface area contributed by atoms with Gasteiger partial charge < -0.3 is 16.3 Å². The van der Waals surface area contributed by atoms with Gasteiger partial charge >= 0.3 is 6.09 Å². The molecule has 0 aliphatic carbocycles. The first-order valence-corrected chi connectivity index (χ1v) is 2.72. The van der Waals surface area contributed by atoms with E-state index in [1.165, 1.54) is 0 Å². The van der Waals surface area contributed by atoms with E-state index in [0.717, 1.165) is 0 Å². The maximum Gasteiger partial charge on any atom is 0.402 e. The summed E-state index contributed by atoms with van der Waals surface area (Å²) in [6.07, 6.45) is -1.33. The fourth-order valence-electron chi connectivity index (χ4n) is 0.385. The smallest absolute Gasteiger partial charge is 0.402 e. The summed E-state index contributed by atoms with van der Waals surface area (Å²) >= 11 is 0. The third-order valence-electron chi connectivity index (χ3n) is 0.667. The molecule has 70 valence electrons. The number of carboxylic acid groups (broad SMARTS) is 1. The molecule has 12 heavy (non-hydrogen) atoms. The van der Waals surface area contributed by atoms with Crippen LogP contribution >= 0.6 is 12.4 Å². The minimum absolute atomic E-state index is 0. The minimum Gasteiger partial charge on any atom is -0.465 e. The Morgan fingerprint density at radius 1 is 1.00 bits per heavy atom. The Bertz CT molecular complexity index is 151. The molecule has 0 aromatic heterocycles. The summed E-state index contributed by atoms with van der Waals surface area (Å²) in [5.74, 6) is 0. The molecule has 0 fully saturated rings. The number of hydrogen-bond acceptors (Lipinski definition) is 1. The number of carbonyl (C=O) groups is 1. The van der Waals surface area contributed by atoms with Crippen LogP contribution in [0.4, 0.5) is 4.79 Å². The van der Waals surface area contributed by atoms with Gasteiger partial charge in [-0.15, -0.1) is 12.4 Å². The van der Waals surface area contributed by atoms with Gasteiger partial charge in [-0.05, 0) is 0 Å². The van der Waals surface area contributed by atoms with Crippen LogP contribution in [-0.4, -0.2) is 16.7 Å². The molecule has 0 spiro atoms. The van der Waals surface area contributed by atoms with Gasteiger partial charge in [0.1, 0.15) is 0 Å². The van der Waals surface area contributed by atoms with Crippen molar-refractivity contribution in [1.82, 2.24) is 0 Å². The minimum atomic E-state index is -1.33. The SMILES string of the molecule is Cl.NC(=O)O.O.c1ccccc1. The predicted octanol–water partition coefficient (Wildman–Crippen LogP) is 0.907. The van der Waals surface area contributed by atoms with Crippen molar-refractivity contribution < 1.29 is 15.4 Å². The molecular weight excluding hydrogens is 182 g/mol. The molecule has 1 aromatic rings. The van der Waals surface area contributed by atoms with E-state index < -0.39 is 6.09 Å². The van der Waals surface area contributed by atoms with Crippen molar-refractivity contribution in [3.05, 3.63) is 36.4 Å². The highest BCUT2D eigenvalue weighted by Gasteiger charge is 1.65. The summed E-state index contributed by atoms with van der Waals surface area (Å²) in [7, 11) is 0. The lowest BCUT2D eigenvalue weighted by Gasteiger charge is -1.69. The standard InChI is InChI=1S/C6H6.CH3NO2.ClH.H2O/c1-2-4-6-5-3-1;2-1(3)4;;/h1-6H;2H2,(H,3,4);1H;1H2. The maximum atomic E-state index is 8.78. The first kappa shape index (κ1) is 17.0. The molecule has 0 atom stereocenters. The van der Waals surface area contributed by atoms with Gasteiger partial charge in [-0.2, -0.15) is 0 Å². The molecule has 0 aliphatic rings. The van der Waals surface area contributed by atoms with E-state index in [1.807, 2.05) is 36.4 Å². The van der Waals surface area contributed by atoms with Crippen LogP contribution in [0, 0.1) is 0 Å². The third kappa shape index (κ3) is 23.3. The zero-order valence-electron chi connectivity index (χ0n) is 6.31. The van der Waals surface area contributed by atoms with E-state index in [2.05, 4.69) is 5.73 Å². The number of halogens is 1. The molecule has 0 radical (unpaired) electrons. The quantitative estimate of drug-likeness (QED) is 0.641. The normalized spacial score (nSPS) is 6.00. The summed E-state index contributed by atoms with van der Waals surface area (Å²) in [6.45, 7) is 0. The van der Waals surface area contributed by atoms with Gasteiger partial charge in [0.15, 0.2) is 0 Å². The van der Waals surface area contributed by atoms with Crippen molar-refractivity contribution in [1.29, 1.82) is 0 Å². The van der Waals surface area contributed by atoms with Gasteiger partial charge in [-0.25, -0.2) is 4.79 Å². The summed E-state index contributed by atoms with van der Waals surface area (Å²) < 4.78 is 0. The Kier molecular flexibility index (Phi) is 17.6. The van der Waals surface area contributed by atoms with Gasteiger partial charge in [0.2, 0.25) is 0 Å². The molecule has 5 heteroatoms. The zero-order chi connectivity index (χ0) is 7.82. The Balaban J connectivity index is -0.000000124. The third-order valence-corrected chi connectivity index (χ3v) is 0.667. The van der Waals surface area contributed by atoms with Gasteiger partial charge in [0, 0.05) is 0 Å². The van der Waals surface area contributed by atoms with E-state index in [-0.39, 0.29) is 17.9 Å². The summed E-state index contributed by atoms with van der Waals surface area (Å²) in [4.78, 5) is 8.78. The van der Waals surface area contributed by atoms with Crippen LogP contribution in [0.15, 0.2) is 36.4 Å². The Morgan fingerprint density at radius 3 is 1.17 bits per heavy atom. The first-order chi connectivity index (χ1) is 4.73. The Hall–Kier alpha value is -1.26. The van der Waals surface area contributed by atoms with Crippen molar-refractivity contribution >= 4 is 18.5 Å². The monoisotopic (exact) mass is 193 g/mol. The van der Waals surface area contributed by atoms with E-state index >= 15 is 0 Å². The fraction of sp³-hybridized carbons (Fsp3) is 0. The van der Waals surface area contributed by atoms with Gasteiger partial charge in [0.25, 0.3) is 0 Å². The van der Waals surface area contributed by atoms with Crippen LogP contribution in [-0.2, 0) is 0 Å². The van der Waals surface area contributed by atoms with Gasteiger partial charge in [-0.1, -0.05) is 36.4 Å². The highest BCUT2D eigenvalue weighted by molar-refractivity contribution is 5.85. The fourth-order valence-corrected chi connectivity index (χ4v) is 0.385. The van der Waals surface area contributed by atoms with Crippen LogP contribution in [0.5, 0.6) is 0 Å². The molecular formula is C7H12ClNO3. The molecule has 1 amide bonds. The van der Waals surface area contributed by atoms with Gasteiger partial charge in [-0.3, -0.25) is 0 Å². The van der Waals surface area contributed by atoms with Crippen LogP contribution in [0.25, 0.3) is 0 Å². The molecule has 0 unspecified atom stereocenters. The highest BCUT2D eigenvalue weighted by atomic mass is 35.5. The second kappa shape index (κ2) is 12.4. The second-order valence-corrected chi connectivity index (χ2v) is 1.49. The van der Waals surface area contributed by atoms with Crippen LogP contribution in [0.2, 0.25) is 0 Å². The Morgan fingerprint density at radius 2 is 1.08 bits per heavy atom. The molecule has 0 heterocycles. The first-order valence-electron chi connectivity index (χ1n) is 2.72.